The number of hydrogen-bond donors (Lipinski definition) is 1. The zero-order valence-corrected chi connectivity index (χ0v) is 10.1. The summed E-state index contributed by atoms with van der Waals surface area (Å²) in [7, 11) is 0. The first-order valence-corrected chi connectivity index (χ1v) is 6.60. The van der Waals surface area contributed by atoms with Crippen LogP contribution in [0.15, 0.2) is 6.20 Å². The van der Waals surface area contributed by atoms with E-state index in [1.165, 1.54) is 50.2 Å². The second kappa shape index (κ2) is 4.21. The summed E-state index contributed by atoms with van der Waals surface area (Å²) >= 11 is 0. The number of nitrogens with zero attached hydrogens (tertiary/aromatic N) is 2. The Balaban J connectivity index is 1.88. The van der Waals surface area contributed by atoms with E-state index in [0.29, 0.717) is 6.04 Å². The summed E-state index contributed by atoms with van der Waals surface area (Å²) in [4.78, 5) is 4.65. The molecule has 0 bridgehead atoms. The number of aromatic nitrogens is 2. The monoisotopic (exact) mass is 219 g/mol. The molecule has 1 aromatic heterocycles. The van der Waals surface area contributed by atoms with E-state index in [4.69, 9.17) is 0 Å². The van der Waals surface area contributed by atoms with Gasteiger partial charge in [0.15, 0.2) is 0 Å². The molecule has 1 N–H and O–H groups in total. The Labute approximate surface area is 97.3 Å². The average Bonchev–Trinajstić information content (AvgIpc) is 2.59. The van der Waals surface area contributed by atoms with Crippen LogP contribution in [0.4, 0.5) is 0 Å². The fourth-order valence-electron chi connectivity index (χ4n) is 2.96. The van der Waals surface area contributed by atoms with Crippen LogP contribution in [0.5, 0.6) is 0 Å². The van der Waals surface area contributed by atoms with Crippen molar-refractivity contribution in [2.45, 2.75) is 51.0 Å². The predicted octanol–water partition coefficient (Wildman–Crippen LogP) is 2.38. The van der Waals surface area contributed by atoms with Crippen molar-refractivity contribution < 1.29 is 0 Å². The third-order valence-corrected chi connectivity index (χ3v) is 4.12. The van der Waals surface area contributed by atoms with Crippen LogP contribution in [0.1, 0.15) is 55.6 Å². The smallest absolute Gasteiger partial charge is 0.112 e. The van der Waals surface area contributed by atoms with E-state index >= 15 is 0 Å². The Bertz CT molecular complexity index is 359. The van der Waals surface area contributed by atoms with Crippen LogP contribution in [0.3, 0.4) is 0 Å². The van der Waals surface area contributed by atoms with Gasteiger partial charge in [0.2, 0.25) is 0 Å². The zero-order valence-electron chi connectivity index (χ0n) is 10.1. The maximum absolute atomic E-state index is 4.65. The van der Waals surface area contributed by atoms with Crippen LogP contribution in [0.25, 0.3) is 0 Å². The first-order chi connectivity index (χ1) is 7.86. The molecular weight excluding hydrogens is 198 g/mol. The SMILES string of the molecule is Cc1cnc(C2CCC2)n1C1CCCNC1. The van der Waals surface area contributed by atoms with Gasteiger partial charge in [0, 0.05) is 30.4 Å². The van der Waals surface area contributed by atoms with Gasteiger partial charge < -0.3 is 9.88 Å². The summed E-state index contributed by atoms with van der Waals surface area (Å²) in [5.74, 6) is 2.10. The number of imidazole rings is 1. The minimum absolute atomic E-state index is 0.645. The lowest BCUT2D eigenvalue weighted by molar-refractivity contribution is 0.325. The third-order valence-electron chi connectivity index (χ3n) is 4.12. The molecular formula is C13H21N3. The maximum atomic E-state index is 4.65. The van der Waals surface area contributed by atoms with Crippen LogP contribution in [-0.4, -0.2) is 22.6 Å². The van der Waals surface area contributed by atoms with Crippen LogP contribution in [0.2, 0.25) is 0 Å². The van der Waals surface area contributed by atoms with Gasteiger partial charge in [-0.2, -0.15) is 0 Å². The molecule has 0 aromatic carbocycles. The highest BCUT2D eigenvalue weighted by molar-refractivity contribution is 5.12. The van der Waals surface area contributed by atoms with Gasteiger partial charge in [-0.1, -0.05) is 6.42 Å². The Kier molecular flexibility index (Phi) is 2.72. The molecule has 2 aliphatic rings. The molecule has 1 saturated heterocycles. The number of aryl methyl sites for hydroxylation is 1. The van der Waals surface area contributed by atoms with Gasteiger partial charge in [-0.15, -0.1) is 0 Å². The summed E-state index contributed by atoms with van der Waals surface area (Å²) < 4.78 is 2.51. The van der Waals surface area contributed by atoms with Crippen molar-refractivity contribution in [1.29, 1.82) is 0 Å². The van der Waals surface area contributed by atoms with E-state index < -0.39 is 0 Å². The molecule has 16 heavy (non-hydrogen) atoms. The van der Waals surface area contributed by atoms with Crippen LogP contribution in [0, 0.1) is 6.92 Å². The first-order valence-electron chi connectivity index (χ1n) is 6.60. The first kappa shape index (κ1) is 10.3. The molecule has 88 valence electrons. The summed E-state index contributed by atoms with van der Waals surface area (Å²) in [6.45, 7) is 4.50. The molecule has 0 amide bonds. The van der Waals surface area contributed by atoms with E-state index in [2.05, 4.69) is 28.0 Å². The van der Waals surface area contributed by atoms with E-state index in [9.17, 15) is 0 Å². The molecule has 3 rings (SSSR count). The minimum Gasteiger partial charge on any atom is -0.328 e. The van der Waals surface area contributed by atoms with E-state index in [1.54, 1.807) is 0 Å². The molecule has 3 nitrogen and oxygen atoms in total. The topological polar surface area (TPSA) is 29.9 Å². The summed E-state index contributed by atoms with van der Waals surface area (Å²) in [5, 5.41) is 3.50. The summed E-state index contributed by atoms with van der Waals surface area (Å²) in [5.41, 5.74) is 1.34. The van der Waals surface area contributed by atoms with Gasteiger partial charge in [-0.05, 0) is 39.2 Å². The fraction of sp³-hybridized carbons (Fsp3) is 0.769. The maximum Gasteiger partial charge on any atom is 0.112 e. The molecule has 0 radical (unpaired) electrons. The van der Waals surface area contributed by atoms with E-state index in [1.807, 2.05) is 0 Å². The second-order valence-electron chi connectivity index (χ2n) is 5.26. The van der Waals surface area contributed by atoms with Crippen molar-refractivity contribution in [3.05, 3.63) is 17.7 Å². The fourth-order valence-corrected chi connectivity index (χ4v) is 2.96. The van der Waals surface area contributed by atoms with Crippen LogP contribution in [-0.2, 0) is 0 Å². The largest absolute Gasteiger partial charge is 0.328 e. The molecule has 1 aliphatic carbocycles. The molecule has 3 heteroatoms. The number of hydrogen-bond acceptors (Lipinski definition) is 2. The lowest BCUT2D eigenvalue weighted by Crippen LogP contribution is -2.33. The molecule has 1 saturated carbocycles. The van der Waals surface area contributed by atoms with Gasteiger partial charge >= 0.3 is 0 Å². The van der Waals surface area contributed by atoms with Gasteiger partial charge in [0.05, 0.1) is 0 Å². The van der Waals surface area contributed by atoms with Crippen molar-refractivity contribution in [3.8, 4) is 0 Å². The Morgan fingerprint density at radius 3 is 2.81 bits per heavy atom. The van der Waals surface area contributed by atoms with Crippen molar-refractivity contribution in [1.82, 2.24) is 14.9 Å². The zero-order chi connectivity index (χ0) is 11.0. The average molecular weight is 219 g/mol. The molecule has 2 heterocycles. The molecule has 2 fully saturated rings. The molecule has 1 aromatic rings. The third kappa shape index (κ3) is 1.67. The number of nitrogens with one attached hydrogen (secondary N) is 1. The predicted molar refractivity (Wildman–Crippen MR) is 64.7 cm³/mol. The molecule has 1 unspecified atom stereocenters. The quantitative estimate of drug-likeness (QED) is 0.827. The van der Waals surface area contributed by atoms with Crippen molar-refractivity contribution in [2.24, 2.45) is 0 Å². The normalized spacial score (nSPS) is 26.7. The Morgan fingerprint density at radius 1 is 1.31 bits per heavy atom. The lowest BCUT2D eigenvalue weighted by Gasteiger charge is -2.31. The molecule has 1 atom stereocenters. The summed E-state index contributed by atoms with van der Waals surface area (Å²) in [6, 6.07) is 0.645. The van der Waals surface area contributed by atoms with Crippen molar-refractivity contribution in [2.75, 3.05) is 13.1 Å². The van der Waals surface area contributed by atoms with Crippen molar-refractivity contribution in [3.63, 3.8) is 0 Å². The highest BCUT2D eigenvalue weighted by atomic mass is 15.1. The Morgan fingerprint density at radius 2 is 2.19 bits per heavy atom. The summed E-state index contributed by atoms with van der Waals surface area (Å²) in [6.07, 6.45) is 8.74. The highest BCUT2D eigenvalue weighted by Gasteiger charge is 2.28. The van der Waals surface area contributed by atoms with E-state index in [0.717, 1.165) is 12.5 Å². The second-order valence-corrected chi connectivity index (χ2v) is 5.26. The number of piperidine rings is 1. The van der Waals surface area contributed by atoms with Gasteiger partial charge in [0.25, 0.3) is 0 Å². The standard InChI is InChI=1S/C13H21N3/c1-10-8-15-13(11-4-2-5-11)16(10)12-6-3-7-14-9-12/h8,11-12,14H,2-7,9H2,1H3. The van der Waals surface area contributed by atoms with Crippen LogP contribution < -0.4 is 5.32 Å². The molecule has 0 spiro atoms. The minimum atomic E-state index is 0.645. The lowest BCUT2D eigenvalue weighted by atomic mass is 9.84. The van der Waals surface area contributed by atoms with Gasteiger partial charge in [-0.25, -0.2) is 4.98 Å². The van der Waals surface area contributed by atoms with Crippen molar-refractivity contribution >= 4 is 0 Å². The van der Waals surface area contributed by atoms with Crippen LogP contribution >= 0.6 is 0 Å². The number of rotatable bonds is 2. The highest BCUT2D eigenvalue weighted by Crippen LogP contribution is 2.37. The van der Waals surface area contributed by atoms with E-state index in [-0.39, 0.29) is 0 Å². The van der Waals surface area contributed by atoms with Gasteiger partial charge in [-0.3, -0.25) is 0 Å². The molecule has 1 aliphatic heterocycles. The Hall–Kier alpha value is -0.830. The van der Waals surface area contributed by atoms with Gasteiger partial charge in [0.1, 0.15) is 5.82 Å².